The molecule has 1 heterocycles. The number of rotatable bonds is 7. The SMILES string of the molecule is COCCNCc1nnc(CC2CCCCC2)s1. The summed E-state index contributed by atoms with van der Waals surface area (Å²) in [6.45, 7) is 2.42. The van der Waals surface area contributed by atoms with Crippen LogP contribution in [0.5, 0.6) is 0 Å². The van der Waals surface area contributed by atoms with Crippen LogP contribution >= 0.6 is 11.3 Å². The van der Waals surface area contributed by atoms with E-state index in [1.165, 1.54) is 37.1 Å². The third kappa shape index (κ3) is 4.63. The number of hydrogen-bond donors (Lipinski definition) is 1. The highest BCUT2D eigenvalue weighted by Crippen LogP contribution is 2.27. The van der Waals surface area contributed by atoms with E-state index in [0.29, 0.717) is 0 Å². The highest BCUT2D eigenvalue weighted by Gasteiger charge is 2.16. The molecule has 0 aromatic carbocycles. The fourth-order valence-electron chi connectivity index (χ4n) is 2.45. The van der Waals surface area contributed by atoms with Crippen molar-refractivity contribution in [2.24, 2.45) is 5.92 Å². The molecule has 0 unspecified atom stereocenters. The number of methoxy groups -OCH3 is 1. The molecular weight excluding hydrogens is 246 g/mol. The topological polar surface area (TPSA) is 47.0 Å². The zero-order valence-electron chi connectivity index (χ0n) is 11.2. The molecule has 0 amide bonds. The molecule has 1 aromatic rings. The lowest BCUT2D eigenvalue weighted by molar-refractivity contribution is 0.199. The molecule has 4 nitrogen and oxygen atoms in total. The molecule has 1 aromatic heterocycles. The fraction of sp³-hybridized carbons (Fsp3) is 0.846. The smallest absolute Gasteiger partial charge is 0.131 e. The third-order valence-electron chi connectivity index (χ3n) is 3.46. The lowest BCUT2D eigenvalue weighted by atomic mass is 9.87. The Balaban J connectivity index is 1.71. The van der Waals surface area contributed by atoms with E-state index in [0.717, 1.165) is 37.0 Å². The Kier molecular flexibility index (Phi) is 6.04. The summed E-state index contributed by atoms with van der Waals surface area (Å²) in [5.74, 6) is 0.848. The molecule has 1 aliphatic carbocycles. The van der Waals surface area contributed by atoms with Crippen molar-refractivity contribution in [3.8, 4) is 0 Å². The quantitative estimate of drug-likeness (QED) is 0.772. The summed E-state index contributed by atoms with van der Waals surface area (Å²) in [5, 5.41) is 14.2. The van der Waals surface area contributed by atoms with Crippen LogP contribution in [0, 0.1) is 5.92 Å². The Bertz CT molecular complexity index is 337. The van der Waals surface area contributed by atoms with Crippen LogP contribution in [0.15, 0.2) is 0 Å². The minimum Gasteiger partial charge on any atom is -0.383 e. The monoisotopic (exact) mass is 269 g/mol. The Hall–Kier alpha value is -0.520. The minimum atomic E-state index is 0.744. The molecule has 0 radical (unpaired) electrons. The second-order valence-corrected chi connectivity index (χ2v) is 6.11. The molecule has 0 bridgehead atoms. The van der Waals surface area contributed by atoms with Gasteiger partial charge in [-0.25, -0.2) is 0 Å². The molecule has 102 valence electrons. The maximum absolute atomic E-state index is 4.99. The summed E-state index contributed by atoms with van der Waals surface area (Å²) in [5.41, 5.74) is 0. The molecule has 2 rings (SSSR count). The second kappa shape index (κ2) is 7.81. The highest BCUT2D eigenvalue weighted by molar-refractivity contribution is 7.11. The molecular formula is C13H23N3OS. The van der Waals surface area contributed by atoms with Crippen molar-refractivity contribution < 1.29 is 4.74 Å². The molecule has 0 spiro atoms. The number of aromatic nitrogens is 2. The van der Waals surface area contributed by atoms with Crippen LogP contribution in [0.4, 0.5) is 0 Å². The Morgan fingerprint density at radius 2 is 2.00 bits per heavy atom. The van der Waals surface area contributed by atoms with Crippen molar-refractivity contribution in [2.75, 3.05) is 20.3 Å². The standard InChI is InChI=1S/C13H23N3OS/c1-17-8-7-14-10-13-16-15-12(18-13)9-11-5-3-2-4-6-11/h11,14H,2-10H2,1H3. The second-order valence-electron chi connectivity index (χ2n) is 4.97. The summed E-state index contributed by atoms with van der Waals surface area (Å²) < 4.78 is 4.99. The zero-order valence-corrected chi connectivity index (χ0v) is 12.0. The summed E-state index contributed by atoms with van der Waals surface area (Å²) in [4.78, 5) is 0. The molecule has 5 heteroatoms. The lowest BCUT2D eigenvalue weighted by Crippen LogP contribution is -2.18. The van der Waals surface area contributed by atoms with Gasteiger partial charge in [0.15, 0.2) is 0 Å². The van der Waals surface area contributed by atoms with Crippen LogP contribution < -0.4 is 5.32 Å². The first-order valence-electron chi connectivity index (χ1n) is 6.89. The van der Waals surface area contributed by atoms with E-state index < -0.39 is 0 Å². The van der Waals surface area contributed by atoms with E-state index >= 15 is 0 Å². The molecule has 0 saturated heterocycles. The van der Waals surface area contributed by atoms with Crippen molar-refractivity contribution in [2.45, 2.75) is 45.1 Å². The average molecular weight is 269 g/mol. The van der Waals surface area contributed by atoms with Gasteiger partial charge in [0.05, 0.1) is 6.61 Å². The summed E-state index contributed by atoms with van der Waals surface area (Å²) >= 11 is 1.76. The molecule has 1 N–H and O–H groups in total. The Morgan fingerprint density at radius 1 is 1.22 bits per heavy atom. The van der Waals surface area contributed by atoms with Crippen molar-refractivity contribution >= 4 is 11.3 Å². The predicted octanol–water partition coefficient (Wildman–Crippen LogP) is 2.40. The van der Waals surface area contributed by atoms with Gasteiger partial charge in [-0.1, -0.05) is 32.1 Å². The van der Waals surface area contributed by atoms with Crippen LogP contribution in [0.25, 0.3) is 0 Å². The Morgan fingerprint density at radius 3 is 2.78 bits per heavy atom. The molecule has 1 saturated carbocycles. The largest absolute Gasteiger partial charge is 0.383 e. The predicted molar refractivity (Wildman–Crippen MR) is 73.8 cm³/mol. The summed E-state index contributed by atoms with van der Waals surface area (Å²) in [7, 11) is 1.72. The fourth-order valence-corrected chi connectivity index (χ4v) is 3.38. The highest BCUT2D eigenvalue weighted by atomic mass is 32.1. The first kappa shape index (κ1) is 13.9. The van der Waals surface area contributed by atoms with E-state index in [4.69, 9.17) is 4.74 Å². The van der Waals surface area contributed by atoms with Crippen LogP contribution in [0.2, 0.25) is 0 Å². The van der Waals surface area contributed by atoms with Crippen LogP contribution in [-0.4, -0.2) is 30.5 Å². The lowest BCUT2D eigenvalue weighted by Gasteiger charge is -2.19. The van der Waals surface area contributed by atoms with Gasteiger partial charge in [-0.15, -0.1) is 21.5 Å². The number of hydrogen-bond acceptors (Lipinski definition) is 5. The molecule has 18 heavy (non-hydrogen) atoms. The average Bonchev–Trinajstić information content (AvgIpc) is 2.84. The molecule has 1 aliphatic rings. The van der Waals surface area contributed by atoms with Gasteiger partial charge in [0.25, 0.3) is 0 Å². The summed E-state index contributed by atoms with van der Waals surface area (Å²) in [6, 6.07) is 0. The molecule has 0 aliphatic heterocycles. The van der Waals surface area contributed by atoms with Crippen LogP contribution in [0.1, 0.15) is 42.1 Å². The Labute approximate surface area is 113 Å². The van der Waals surface area contributed by atoms with E-state index in [2.05, 4.69) is 15.5 Å². The first-order valence-corrected chi connectivity index (χ1v) is 7.71. The maximum atomic E-state index is 4.99. The van der Waals surface area contributed by atoms with Crippen LogP contribution in [0.3, 0.4) is 0 Å². The van der Waals surface area contributed by atoms with E-state index in [-0.39, 0.29) is 0 Å². The summed E-state index contributed by atoms with van der Waals surface area (Å²) in [6.07, 6.45) is 8.10. The van der Waals surface area contributed by atoms with Gasteiger partial charge in [-0.2, -0.15) is 0 Å². The number of ether oxygens (including phenoxy) is 1. The zero-order chi connectivity index (χ0) is 12.6. The van der Waals surface area contributed by atoms with Crippen molar-refractivity contribution in [1.82, 2.24) is 15.5 Å². The molecule has 1 fully saturated rings. The number of nitrogens with one attached hydrogen (secondary N) is 1. The van der Waals surface area contributed by atoms with Gasteiger partial charge in [0.2, 0.25) is 0 Å². The van der Waals surface area contributed by atoms with Gasteiger partial charge >= 0.3 is 0 Å². The minimum absolute atomic E-state index is 0.744. The van der Waals surface area contributed by atoms with E-state index in [1.807, 2.05) is 0 Å². The van der Waals surface area contributed by atoms with E-state index in [9.17, 15) is 0 Å². The van der Waals surface area contributed by atoms with Gasteiger partial charge in [-0.05, 0) is 5.92 Å². The number of nitrogens with zero attached hydrogens (tertiary/aromatic N) is 2. The van der Waals surface area contributed by atoms with Gasteiger partial charge in [-0.3, -0.25) is 0 Å². The van der Waals surface area contributed by atoms with Crippen molar-refractivity contribution in [1.29, 1.82) is 0 Å². The normalized spacial score (nSPS) is 17.2. The van der Waals surface area contributed by atoms with Crippen molar-refractivity contribution in [3.05, 3.63) is 10.0 Å². The van der Waals surface area contributed by atoms with Gasteiger partial charge in [0.1, 0.15) is 10.0 Å². The third-order valence-corrected chi connectivity index (χ3v) is 4.40. The maximum Gasteiger partial charge on any atom is 0.131 e. The van der Waals surface area contributed by atoms with Crippen molar-refractivity contribution in [3.63, 3.8) is 0 Å². The first-order chi connectivity index (χ1) is 8.88. The molecule has 0 atom stereocenters. The van der Waals surface area contributed by atoms with Gasteiger partial charge in [0, 0.05) is 26.6 Å². The van der Waals surface area contributed by atoms with Gasteiger partial charge < -0.3 is 10.1 Å². The van der Waals surface area contributed by atoms with Crippen LogP contribution in [-0.2, 0) is 17.7 Å². The van der Waals surface area contributed by atoms with E-state index in [1.54, 1.807) is 18.4 Å².